The van der Waals surface area contributed by atoms with E-state index in [4.69, 9.17) is 10.8 Å². The summed E-state index contributed by atoms with van der Waals surface area (Å²) in [5.41, 5.74) is 7.86. The summed E-state index contributed by atoms with van der Waals surface area (Å²) in [6.45, 7) is 8.61. The number of anilines is 1. The molecule has 2 aliphatic carbocycles. The Morgan fingerprint density at radius 3 is 2.55 bits per heavy atom. The van der Waals surface area contributed by atoms with Crippen LogP contribution < -0.4 is 15.8 Å². The second kappa shape index (κ2) is 8.47. The molecule has 0 radical (unpaired) electrons. The van der Waals surface area contributed by atoms with Crippen LogP contribution in [0.3, 0.4) is 0 Å². The second-order valence-electron chi connectivity index (χ2n) is 9.58. The molecule has 10 heteroatoms. The Balaban J connectivity index is 1.38. The third kappa shape index (κ3) is 4.42. The van der Waals surface area contributed by atoms with Gasteiger partial charge in [-0.05, 0) is 50.2 Å². The number of nitrogens with two attached hydrogens (primary N) is 1. The molecule has 3 aliphatic rings. The van der Waals surface area contributed by atoms with Crippen molar-refractivity contribution < 1.29 is 17.9 Å². The van der Waals surface area contributed by atoms with Crippen LogP contribution in [0, 0.1) is 11.8 Å². The quantitative estimate of drug-likeness (QED) is 0.677. The van der Waals surface area contributed by atoms with Gasteiger partial charge >= 0.3 is 6.36 Å². The van der Waals surface area contributed by atoms with E-state index in [-0.39, 0.29) is 11.9 Å². The van der Waals surface area contributed by atoms with Crippen molar-refractivity contribution in [3.63, 3.8) is 0 Å². The monoisotopic (exact) mass is 464 g/mol. The molecular formula is C23H31F3N6O. The fourth-order valence-corrected chi connectivity index (χ4v) is 5.72. The minimum Gasteiger partial charge on any atom is -0.402 e. The first kappa shape index (κ1) is 22.5. The van der Waals surface area contributed by atoms with Crippen molar-refractivity contribution in [2.75, 3.05) is 31.9 Å². The van der Waals surface area contributed by atoms with Gasteiger partial charge in [0.25, 0.3) is 0 Å². The zero-order valence-electron chi connectivity index (χ0n) is 19.0. The van der Waals surface area contributed by atoms with Crippen LogP contribution in [0.4, 0.5) is 19.0 Å². The van der Waals surface area contributed by atoms with E-state index in [0.717, 1.165) is 32.6 Å². The first-order valence-electron chi connectivity index (χ1n) is 11.8. The number of halogens is 3. The lowest BCUT2D eigenvalue weighted by Gasteiger charge is -2.34. The van der Waals surface area contributed by atoms with Crippen LogP contribution in [0.25, 0.3) is 11.3 Å². The molecule has 1 saturated heterocycles. The Morgan fingerprint density at radius 1 is 1.21 bits per heavy atom. The van der Waals surface area contributed by atoms with Crippen LogP contribution in [0.1, 0.15) is 50.8 Å². The number of rotatable bonds is 6. The van der Waals surface area contributed by atoms with Crippen LogP contribution in [0.5, 0.6) is 5.75 Å². The Hall–Kier alpha value is -2.33. The summed E-state index contributed by atoms with van der Waals surface area (Å²) in [5, 5.41) is 8.22. The molecule has 1 aliphatic heterocycles. The fourth-order valence-electron chi connectivity index (χ4n) is 5.72. The van der Waals surface area contributed by atoms with Gasteiger partial charge < -0.3 is 15.8 Å². The van der Waals surface area contributed by atoms with Gasteiger partial charge in [0.2, 0.25) is 0 Å². The smallest absolute Gasteiger partial charge is 0.402 e. The van der Waals surface area contributed by atoms with E-state index >= 15 is 0 Å². The highest BCUT2D eigenvalue weighted by Gasteiger charge is 2.58. The third-order valence-electron chi connectivity index (χ3n) is 7.61. The summed E-state index contributed by atoms with van der Waals surface area (Å²) in [4.78, 5) is 6.54. The van der Waals surface area contributed by atoms with E-state index in [0.29, 0.717) is 35.1 Å². The molecule has 0 aromatic carbocycles. The van der Waals surface area contributed by atoms with E-state index in [1.54, 1.807) is 0 Å². The van der Waals surface area contributed by atoms with Crippen molar-refractivity contribution in [1.29, 1.82) is 0 Å². The van der Waals surface area contributed by atoms with E-state index < -0.39 is 12.1 Å². The van der Waals surface area contributed by atoms with Gasteiger partial charge in [-0.2, -0.15) is 5.10 Å². The van der Waals surface area contributed by atoms with Crippen LogP contribution in [-0.2, 0) is 0 Å². The molecule has 33 heavy (non-hydrogen) atoms. The Kier molecular flexibility index (Phi) is 5.76. The average Bonchev–Trinajstić information content (AvgIpc) is 3.14. The summed E-state index contributed by atoms with van der Waals surface area (Å²) < 4.78 is 44.4. The number of pyridine rings is 1. The maximum Gasteiger partial charge on any atom is 0.573 e. The van der Waals surface area contributed by atoms with Gasteiger partial charge in [0.1, 0.15) is 0 Å². The summed E-state index contributed by atoms with van der Waals surface area (Å²) in [7, 11) is 0. The van der Waals surface area contributed by atoms with Gasteiger partial charge in [-0.15, -0.1) is 13.2 Å². The Labute approximate surface area is 191 Å². The van der Waals surface area contributed by atoms with Crippen molar-refractivity contribution in [3.05, 3.63) is 24.0 Å². The highest BCUT2D eigenvalue weighted by Crippen LogP contribution is 2.64. The predicted octanol–water partition coefficient (Wildman–Crippen LogP) is 3.79. The summed E-state index contributed by atoms with van der Waals surface area (Å²) in [5.74, 6) is 0.985. The lowest BCUT2D eigenvalue weighted by atomic mass is 10.0. The molecule has 3 N–H and O–H groups in total. The molecule has 3 fully saturated rings. The normalized spacial score (nSPS) is 28.5. The molecule has 0 bridgehead atoms. The Morgan fingerprint density at radius 2 is 1.91 bits per heavy atom. The second-order valence-corrected chi connectivity index (χ2v) is 9.58. The first-order chi connectivity index (χ1) is 15.7. The molecule has 180 valence electrons. The van der Waals surface area contributed by atoms with E-state index in [1.807, 2.05) is 6.07 Å². The topological polar surface area (TPSA) is 81.2 Å². The standard InChI is InChI=1S/C23H31F3N6O/c1-3-13(2)32-19(21-16-9-15(10-17(16)21)31-6-4-28-5-7-31)11-18(30-32)14-8-20(22(27)29-12-14)33-23(24,25)26/h8,11-13,15-17,21,28H,3-7,9-10H2,1-2H3,(H2,27,29). The number of ether oxygens (including phenoxy) is 1. The first-order valence-corrected chi connectivity index (χ1v) is 11.8. The number of aromatic nitrogens is 3. The van der Waals surface area contributed by atoms with Crippen molar-refractivity contribution in [3.8, 4) is 17.0 Å². The zero-order valence-corrected chi connectivity index (χ0v) is 19.0. The van der Waals surface area contributed by atoms with Gasteiger partial charge in [0.15, 0.2) is 11.6 Å². The minimum atomic E-state index is -4.83. The lowest BCUT2D eigenvalue weighted by Crippen LogP contribution is -2.48. The van der Waals surface area contributed by atoms with Crippen molar-refractivity contribution in [1.82, 2.24) is 25.0 Å². The van der Waals surface area contributed by atoms with Gasteiger partial charge in [-0.3, -0.25) is 9.58 Å². The average molecular weight is 465 g/mol. The molecule has 3 unspecified atom stereocenters. The van der Waals surface area contributed by atoms with Crippen LogP contribution in [0.2, 0.25) is 0 Å². The van der Waals surface area contributed by atoms with Crippen molar-refractivity contribution in [2.45, 2.75) is 57.5 Å². The zero-order chi connectivity index (χ0) is 23.3. The van der Waals surface area contributed by atoms with E-state index in [9.17, 15) is 13.2 Å². The number of hydrogen-bond acceptors (Lipinski definition) is 6. The predicted molar refractivity (Wildman–Crippen MR) is 119 cm³/mol. The largest absolute Gasteiger partial charge is 0.573 e. The van der Waals surface area contributed by atoms with Crippen LogP contribution in [-0.4, -0.2) is 58.2 Å². The summed E-state index contributed by atoms with van der Waals surface area (Å²) in [6.07, 6.45) is -0.0312. The molecule has 0 amide bonds. The Bertz CT molecular complexity index is 991. The maximum absolute atomic E-state index is 12.8. The number of nitrogens with zero attached hydrogens (tertiary/aromatic N) is 4. The molecule has 2 aromatic heterocycles. The molecule has 3 heterocycles. The molecule has 2 aromatic rings. The van der Waals surface area contributed by atoms with Crippen molar-refractivity contribution in [2.24, 2.45) is 11.8 Å². The van der Waals surface area contributed by atoms with Crippen LogP contribution in [0.15, 0.2) is 18.3 Å². The number of piperazine rings is 1. The molecule has 7 nitrogen and oxygen atoms in total. The number of nitrogen functional groups attached to an aromatic ring is 1. The highest BCUT2D eigenvalue weighted by molar-refractivity contribution is 5.64. The molecular weight excluding hydrogens is 433 g/mol. The van der Waals surface area contributed by atoms with Crippen LogP contribution >= 0.6 is 0 Å². The van der Waals surface area contributed by atoms with E-state index in [2.05, 4.69) is 38.5 Å². The van der Waals surface area contributed by atoms with Gasteiger partial charge in [0.05, 0.1) is 5.69 Å². The molecule has 3 atom stereocenters. The number of alkyl halides is 3. The SMILES string of the molecule is CCC(C)n1nc(-c2cnc(N)c(OC(F)(F)F)c2)cc1C1C2CC(N3CCNCC3)CC21. The van der Waals surface area contributed by atoms with Gasteiger partial charge in [0, 0.05) is 61.6 Å². The number of hydrogen-bond donors (Lipinski definition) is 2. The van der Waals surface area contributed by atoms with Gasteiger partial charge in [-0.1, -0.05) is 6.92 Å². The van der Waals surface area contributed by atoms with Crippen molar-refractivity contribution >= 4 is 5.82 Å². The summed E-state index contributed by atoms with van der Waals surface area (Å²) >= 11 is 0. The maximum atomic E-state index is 12.8. The number of fused-ring (bicyclic) bond motifs is 1. The summed E-state index contributed by atoms with van der Waals surface area (Å²) in [6, 6.07) is 4.17. The molecule has 0 spiro atoms. The van der Waals surface area contributed by atoms with Gasteiger partial charge in [-0.25, -0.2) is 4.98 Å². The molecule has 2 saturated carbocycles. The lowest BCUT2D eigenvalue weighted by molar-refractivity contribution is -0.274. The third-order valence-corrected chi connectivity index (χ3v) is 7.61. The molecule has 5 rings (SSSR count). The number of nitrogens with one attached hydrogen (secondary N) is 1. The fraction of sp³-hybridized carbons (Fsp3) is 0.652. The minimum absolute atomic E-state index is 0.201. The highest BCUT2D eigenvalue weighted by atomic mass is 19.4. The van der Waals surface area contributed by atoms with E-state index in [1.165, 1.54) is 30.8 Å².